The third-order valence-electron chi connectivity index (χ3n) is 5.78. The highest BCUT2D eigenvalue weighted by molar-refractivity contribution is 7.80. The predicted octanol–water partition coefficient (Wildman–Crippen LogP) is 4.95. The molecule has 2 unspecified atom stereocenters. The van der Waals surface area contributed by atoms with Gasteiger partial charge in [0.05, 0.1) is 11.9 Å². The van der Waals surface area contributed by atoms with Gasteiger partial charge in [0.25, 0.3) is 0 Å². The number of thiocarbonyl (C=S) groups is 1. The van der Waals surface area contributed by atoms with Crippen LogP contribution in [0.1, 0.15) is 30.2 Å². The lowest BCUT2D eigenvalue weighted by molar-refractivity contribution is 0.490. The molecule has 1 heterocycles. The molecule has 4 nitrogen and oxygen atoms in total. The second kappa shape index (κ2) is 7.40. The number of allylic oxidation sites excluding steroid dienone is 4. The Morgan fingerprint density at radius 2 is 2.14 bits per heavy atom. The minimum Gasteiger partial charge on any atom is -0.346 e. The normalized spacial score (nSPS) is 22.7. The molecule has 0 aliphatic heterocycles. The Kier molecular flexibility index (Phi) is 4.94. The second-order valence-corrected chi connectivity index (χ2v) is 8.38. The Morgan fingerprint density at radius 1 is 1.29 bits per heavy atom. The Hall–Kier alpha value is -2.66. The standard InChI is InChI=1S/C23H26N4S/c1-16-8-9-23(13-19(23)11-16)15-27-10-4-5-21(27)14-24-26-22(28)25-20-7-6-17(2)18(3)12-20/h4-12,14,19H,13,15H2,1-3H3,(H2,25,26,28)/b24-14+. The van der Waals surface area contributed by atoms with Gasteiger partial charge in [0, 0.05) is 23.8 Å². The lowest BCUT2D eigenvalue weighted by atomic mass is 9.96. The Balaban J connectivity index is 1.34. The molecule has 1 aromatic carbocycles. The number of hydrazone groups is 1. The average molecular weight is 391 g/mol. The van der Waals surface area contributed by atoms with Gasteiger partial charge in [-0.2, -0.15) is 5.10 Å². The van der Waals surface area contributed by atoms with Crippen molar-refractivity contribution in [2.75, 3.05) is 5.32 Å². The lowest BCUT2D eigenvalue weighted by Crippen LogP contribution is -2.24. The van der Waals surface area contributed by atoms with Crippen LogP contribution in [0.25, 0.3) is 0 Å². The summed E-state index contributed by atoms with van der Waals surface area (Å²) in [6, 6.07) is 10.3. The molecule has 1 aromatic heterocycles. The second-order valence-electron chi connectivity index (χ2n) is 7.97. The van der Waals surface area contributed by atoms with Gasteiger partial charge in [0.2, 0.25) is 0 Å². The fraction of sp³-hybridized carbons (Fsp3) is 0.304. The summed E-state index contributed by atoms with van der Waals surface area (Å²) in [5.74, 6) is 0.678. The summed E-state index contributed by atoms with van der Waals surface area (Å²) in [6.45, 7) is 7.34. The van der Waals surface area contributed by atoms with Crippen LogP contribution in [0.3, 0.4) is 0 Å². The van der Waals surface area contributed by atoms with Crippen molar-refractivity contribution in [3.05, 3.63) is 77.2 Å². The van der Waals surface area contributed by atoms with E-state index in [-0.39, 0.29) is 5.41 Å². The number of nitrogens with one attached hydrogen (secondary N) is 2. The number of benzene rings is 1. The van der Waals surface area contributed by atoms with Crippen molar-refractivity contribution in [2.45, 2.75) is 33.7 Å². The van der Waals surface area contributed by atoms with Crippen LogP contribution in [0, 0.1) is 25.2 Å². The van der Waals surface area contributed by atoms with E-state index in [4.69, 9.17) is 12.2 Å². The topological polar surface area (TPSA) is 41.4 Å². The smallest absolute Gasteiger partial charge is 0.191 e. The molecule has 5 heteroatoms. The molecule has 1 fully saturated rings. The third kappa shape index (κ3) is 3.94. The zero-order chi connectivity index (χ0) is 19.7. The van der Waals surface area contributed by atoms with Crippen LogP contribution in [-0.2, 0) is 6.54 Å². The van der Waals surface area contributed by atoms with Gasteiger partial charge >= 0.3 is 0 Å². The SMILES string of the molecule is CC1=CC2CC2(Cn2cccc2/C=N/NC(=S)Nc2ccc(C)c(C)c2)C=C1. The van der Waals surface area contributed by atoms with Crippen molar-refractivity contribution in [2.24, 2.45) is 16.4 Å². The van der Waals surface area contributed by atoms with Gasteiger partial charge in [-0.25, -0.2) is 0 Å². The van der Waals surface area contributed by atoms with Crippen LogP contribution in [0.2, 0.25) is 0 Å². The highest BCUT2D eigenvalue weighted by atomic mass is 32.1. The fourth-order valence-electron chi connectivity index (χ4n) is 3.81. The van der Waals surface area contributed by atoms with Crippen LogP contribution in [0.4, 0.5) is 5.69 Å². The van der Waals surface area contributed by atoms with Crippen molar-refractivity contribution in [1.29, 1.82) is 0 Å². The summed E-state index contributed by atoms with van der Waals surface area (Å²) in [6.07, 6.45) is 12.2. The number of hydrogen-bond acceptors (Lipinski definition) is 2. The first-order chi connectivity index (χ1) is 13.4. The molecule has 1 saturated carbocycles. The number of rotatable bonds is 5. The highest BCUT2D eigenvalue weighted by Crippen LogP contribution is 2.58. The van der Waals surface area contributed by atoms with E-state index in [1.807, 2.05) is 12.3 Å². The molecule has 0 saturated heterocycles. The summed E-state index contributed by atoms with van der Waals surface area (Å²) in [5.41, 5.74) is 9.10. The number of fused-ring (bicyclic) bond motifs is 1. The van der Waals surface area contributed by atoms with Crippen molar-refractivity contribution >= 4 is 29.2 Å². The molecule has 0 spiro atoms. The van der Waals surface area contributed by atoms with Crippen LogP contribution < -0.4 is 10.7 Å². The zero-order valence-corrected chi connectivity index (χ0v) is 17.4. The summed E-state index contributed by atoms with van der Waals surface area (Å²) in [4.78, 5) is 0. The van der Waals surface area contributed by atoms with E-state index in [1.54, 1.807) is 0 Å². The highest BCUT2D eigenvalue weighted by Gasteiger charge is 2.52. The van der Waals surface area contributed by atoms with E-state index in [2.05, 4.69) is 89.9 Å². The molecule has 2 N–H and O–H groups in total. The molecular formula is C23H26N4S. The Bertz CT molecular complexity index is 998. The van der Waals surface area contributed by atoms with Gasteiger partial charge < -0.3 is 9.88 Å². The molecule has 0 bridgehead atoms. The number of nitrogens with zero attached hydrogens (tertiary/aromatic N) is 2. The zero-order valence-electron chi connectivity index (χ0n) is 16.6. The van der Waals surface area contributed by atoms with Crippen LogP contribution in [0.5, 0.6) is 0 Å². The minimum absolute atomic E-state index is 0.286. The van der Waals surface area contributed by atoms with Crippen LogP contribution >= 0.6 is 12.2 Å². The van der Waals surface area contributed by atoms with E-state index in [1.165, 1.54) is 23.1 Å². The van der Waals surface area contributed by atoms with E-state index < -0.39 is 0 Å². The van der Waals surface area contributed by atoms with E-state index in [0.717, 1.165) is 17.9 Å². The average Bonchev–Trinajstić information content (AvgIpc) is 3.18. The first-order valence-corrected chi connectivity index (χ1v) is 10.1. The third-order valence-corrected chi connectivity index (χ3v) is 5.97. The van der Waals surface area contributed by atoms with Crippen molar-refractivity contribution in [3.8, 4) is 0 Å². The Morgan fingerprint density at radius 3 is 2.93 bits per heavy atom. The monoisotopic (exact) mass is 390 g/mol. The van der Waals surface area contributed by atoms with Crippen LogP contribution in [-0.4, -0.2) is 15.9 Å². The molecule has 0 amide bonds. The van der Waals surface area contributed by atoms with Gasteiger partial charge in [-0.15, -0.1) is 0 Å². The number of aryl methyl sites for hydroxylation is 2. The van der Waals surface area contributed by atoms with Crippen LogP contribution in [0.15, 0.2) is 65.4 Å². The van der Waals surface area contributed by atoms with Gasteiger partial charge in [0.15, 0.2) is 5.11 Å². The maximum absolute atomic E-state index is 5.35. The summed E-state index contributed by atoms with van der Waals surface area (Å²) < 4.78 is 2.27. The van der Waals surface area contributed by atoms with Gasteiger partial charge in [-0.05, 0) is 80.7 Å². The van der Waals surface area contributed by atoms with Gasteiger partial charge in [-0.3, -0.25) is 5.43 Å². The number of hydrogen-bond donors (Lipinski definition) is 2. The number of aromatic nitrogens is 1. The predicted molar refractivity (Wildman–Crippen MR) is 121 cm³/mol. The summed E-state index contributed by atoms with van der Waals surface area (Å²) >= 11 is 5.35. The van der Waals surface area contributed by atoms with Crippen molar-refractivity contribution in [1.82, 2.24) is 9.99 Å². The first kappa shape index (κ1) is 18.7. The molecule has 2 aliphatic carbocycles. The first-order valence-electron chi connectivity index (χ1n) is 9.65. The molecular weight excluding hydrogens is 364 g/mol. The maximum Gasteiger partial charge on any atom is 0.191 e. The van der Waals surface area contributed by atoms with Gasteiger partial charge in [0.1, 0.15) is 0 Å². The number of anilines is 1. The van der Waals surface area contributed by atoms with E-state index in [0.29, 0.717) is 11.0 Å². The summed E-state index contributed by atoms with van der Waals surface area (Å²) in [5, 5.41) is 7.97. The quantitative estimate of drug-likeness (QED) is 0.431. The fourth-order valence-corrected chi connectivity index (χ4v) is 3.98. The molecule has 28 heavy (non-hydrogen) atoms. The molecule has 144 valence electrons. The van der Waals surface area contributed by atoms with E-state index >= 15 is 0 Å². The molecule has 2 aliphatic rings. The lowest BCUT2D eigenvalue weighted by Gasteiger charge is -2.17. The van der Waals surface area contributed by atoms with Gasteiger partial charge in [-0.1, -0.05) is 29.9 Å². The Labute approximate surface area is 172 Å². The molecule has 4 rings (SSSR count). The molecule has 2 aromatic rings. The maximum atomic E-state index is 5.35. The molecule has 0 radical (unpaired) electrons. The minimum atomic E-state index is 0.286. The van der Waals surface area contributed by atoms with E-state index in [9.17, 15) is 0 Å². The van der Waals surface area contributed by atoms with Crippen molar-refractivity contribution in [3.63, 3.8) is 0 Å². The largest absolute Gasteiger partial charge is 0.346 e. The molecule has 2 atom stereocenters. The summed E-state index contributed by atoms with van der Waals surface area (Å²) in [7, 11) is 0. The van der Waals surface area contributed by atoms with Crippen molar-refractivity contribution < 1.29 is 0 Å².